The zero-order valence-electron chi connectivity index (χ0n) is 8.42. The molecule has 80 valence electrons. The molecule has 1 heterocycles. The maximum Gasteiger partial charge on any atom is 0.209 e. The predicted octanol–water partition coefficient (Wildman–Crippen LogP) is 0.341. The fraction of sp³-hybridized carbons (Fsp3) is 0.750. The summed E-state index contributed by atoms with van der Waals surface area (Å²) >= 11 is 1.43. The number of nitrogens with two attached hydrogens (primary N) is 1. The molecule has 0 bridgehead atoms. The van der Waals surface area contributed by atoms with E-state index in [4.69, 9.17) is 11.0 Å². The van der Waals surface area contributed by atoms with Gasteiger partial charge in [-0.15, -0.1) is 5.10 Å². The zero-order valence-corrected chi connectivity index (χ0v) is 9.24. The smallest absolute Gasteiger partial charge is 0.209 e. The van der Waals surface area contributed by atoms with Gasteiger partial charge in [-0.05, 0) is 30.2 Å². The number of thioether (sulfide) groups is 1. The summed E-state index contributed by atoms with van der Waals surface area (Å²) in [5, 5.41) is 21.0. The van der Waals surface area contributed by atoms with E-state index in [0.717, 1.165) is 18.0 Å². The van der Waals surface area contributed by atoms with Crippen LogP contribution in [0.5, 0.6) is 0 Å². The molecule has 1 fully saturated rings. The highest BCUT2D eigenvalue weighted by Crippen LogP contribution is 2.36. The van der Waals surface area contributed by atoms with Gasteiger partial charge in [0.15, 0.2) is 0 Å². The molecule has 1 unspecified atom stereocenters. The van der Waals surface area contributed by atoms with Gasteiger partial charge in [0, 0.05) is 5.75 Å². The number of nitrogens with zero attached hydrogens (tertiary/aromatic N) is 5. The molecular formula is C8H12N6S. The van der Waals surface area contributed by atoms with Crippen molar-refractivity contribution in [3.8, 4) is 6.07 Å². The largest absolute Gasteiger partial charge is 0.313 e. The fourth-order valence-corrected chi connectivity index (χ4v) is 1.98. The van der Waals surface area contributed by atoms with E-state index in [0.29, 0.717) is 11.8 Å². The highest BCUT2D eigenvalue weighted by atomic mass is 32.2. The number of hydrogen-bond donors (Lipinski definition) is 1. The van der Waals surface area contributed by atoms with E-state index in [2.05, 4.69) is 15.5 Å². The van der Waals surface area contributed by atoms with E-state index in [1.165, 1.54) is 11.8 Å². The topological polar surface area (TPSA) is 93.4 Å². The van der Waals surface area contributed by atoms with Crippen molar-refractivity contribution in [1.82, 2.24) is 20.2 Å². The normalized spacial score (nSPS) is 19.5. The molecule has 0 saturated heterocycles. The molecule has 1 aliphatic carbocycles. The molecule has 0 aliphatic heterocycles. The Hall–Kier alpha value is -1.13. The number of rotatable bonds is 4. The van der Waals surface area contributed by atoms with Gasteiger partial charge in [0.05, 0.1) is 12.1 Å². The standard InChI is InChI=1S/C8H12N6S/c1-8(10,4-9)5-15-7-11-12-13-14(7)6-2-3-6/h6H,2-3,5,10H2,1H3. The van der Waals surface area contributed by atoms with Crippen LogP contribution < -0.4 is 5.73 Å². The second-order valence-corrected chi connectivity index (χ2v) is 4.90. The Morgan fingerprint density at radius 1 is 1.73 bits per heavy atom. The van der Waals surface area contributed by atoms with Gasteiger partial charge in [-0.3, -0.25) is 0 Å². The van der Waals surface area contributed by atoms with Crippen LogP contribution in [0, 0.1) is 11.3 Å². The predicted molar refractivity (Wildman–Crippen MR) is 55.0 cm³/mol. The summed E-state index contributed by atoms with van der Waals surface area (Å²) in [4.78, 5) is 0. The Morgan fingerprint density at radius 2 is 2.47 bits per heavy atom. The highest BCUT2D eigenvalue weighted by Gasteiger charge is 2.29. The number of aromatic nitrogens is 4. The Labute approximate surface area is 91.8 Å². The lowest BCUT2D eigenvalue weighted by atomic mass is 10.1. The lowest BCUT2D eigenvalue weighted by molar-refractivity contribution is 0.564. The third-order valence-electron chi connectivity index (χ3n) is 2.11. The van der Waals surface area contributed by atoms with Gasteiger partial charge < -0.3 is 5.73 Å². The van der Waals surface area contributed by atoms with Gasteiger partial charge in [-0.2, -0.15) is 5.26 Å². The second kappa shape index (κ2) is 3.79. The molecule has 1 aliphatic rings. The molecule has 15 heavy (non-hydrogen) atoms. The van der Waals surface area contributed by atoms with Crippen molar-refractivity contribution < 1.29 is 0 Å². The van der Waals surface area contributed by atoms with Crippen LogP contribution in [0.25, 0.3) is 0 Å². The van der Waals surface area contributed by atoms with Crippen molar-refractivity contribution in [3.05, 3.63) is 0 Å². The summed E-state index contributed by atoms with van der Waals surface area (Å²) in [5.74, 6) is 0.497. The Kier molecular flexibility index (Phi) is 2.63. The summed E-state index contributed by atoms with van der Waals surface area (Å²) in [7, 11) is 0. The third-order valence-corrected chi connectivity index (χ3v) is 3.38. The molecule has 7 heteroatoms. The first-order valence-electron chi connectivity index (χ1n) is 4.73. The minimum absolute atomic E-state index is 0.452. The van der Waals surface area contributed by atoms with Crippen molar-refractivity contribution in [2.75, 3.05) is 5.75 Å². The molecular weight excluding hydrogens is 212 g/mol. The summed E-state index contributed by atoms with van der Waals surface area (Å²) in [6.07, 6.45) is 2.27. The molecule has 0 amide bonds. The fourth-order valence-electron chi connectivity index (χ4n) is 1.08. The first-order valence-corrected chi connectivity index (χ1v) is 5.72. The highest BCUT2D eigenvalue weighted by molar-refractivity contribution is 7.99. The second-order valence-electron chi connectivity index (χ2n) is 3.96. The lowest BCUT2D eigenvalue weighted by Gasteiger charge is -2.13. The van der Waals surface area contributed by atoms with Crippen molar-refractivity contribution in [3.63, 3.8) is 0 Å². The molecule has 0 radical (unpaired) electrons. The molecule has 2 N–H and O–H groups in total. The average Bonchev–Trinajstić information content (AvgIpc) is 2.95. The molecule has 0 spiro atoms. The van der Waals surface area contributed by atoms with Crippen LogP contribution in [0.15, 0.2) is 5.16 Å². The van der Waals surface area contributed by atoms with Gasteiger partial charge in [-0.25, -0.2) is 4.68 Å². The van der Waals surface area contributed by atoms with Crippen LogP contribution in [0.3, 0.4) is 0 Å². The maximum absolute atomic E-state index is 8.77. The van der Waals surface area contributed by atoms with Gasteiger partial charge in [0.2, 0.25) is 5.16 Å². The molecule has 1 atom stereocenters. The maximum atomic E-state index is 8.77. The minimum atomic E-state index is -0.828. The van der Waals surface area contributed by atoms with E-state index >= 15 is 0 Å². The quantitative estimate of drug-likeness (QED) is 0.741. The number of tetrazole rings is 1. The van der Waals surface area contributed by atoms with Crippen LogP contribution in [0.2, 0.25) is 0 Å². The molecule has 2 rings (SSSR count). The summed E-state index contributed by atoms with van der Waals surface area (Å²) < 4.78 is 1.82. The van der Waals surface area contributed by atoms with E-state index in [1.54, 1.807) is 6.92 Å². The van der Waals surface area contributed by atoms with Gasteiger partial charge in [-0.1, -0.05) is 11.8 Å². The molecule has 1 saturated carbocycles. The van der Waals surface area contributed by atoms with Crippen molar-refractivity contribution in [1.29, 1.82) is 5.26 Å². The molecule has 0 aromatic carbocycles. The summed E-state index contributed by atoms with van der Waals surface area (Å²) in [6, 6.07) is 2.50. The minimum Gasteiger partial charge on any atom is -0.313 e. The van der Waals surface area contributed by atoms with Crippen LogP contribution in [0.4, 0.5) is 0 Å². The Morgan fingerprint density at radius 3 is 3.07 bits per heavy atom. The van der Waals surface area contributed by atoms with E-state index in [9.17, 15) is 0 Å². The number of hydrogen-bond acceptors (Lipinski definition) is 6. The third kappa shape index (κ3) is 2.46. The van der Waals surface area contributed by atoms with Crippen LogP contribution in [0.1, 0.15) is 25.8 Å². The summed E-state index contributed by atoms with van der Waals surface area (Å²) in [5.41, 5.74) is 4.89. The molecule has 1 aromatic heterocycles. The average molecular weight is 224 g/mol. The Bertz CT molecular complexity index is 388. The monoisotopic (exact) mass is 224 g/mol. The van der Waals surface area contributed by atoms with E-state index in [-0.39, 0.29) is 0 Å². The van der Waals surface area contributed by atoms with Crippen LogP contribution in [-0.4, -0.2) is 31.5 Å². The lowest BCUT2D eigenvalue weighted by Crippen LogP contribution is -2.36. The first kappa shape index (κ1) is 10.4. The molecule has 1 aromatic rings. The van der Waals surface area contributed by atoms with Gasteiger partial charge in [0.25, 0.3) is 0 Å². The van der Waals surface area contributed by atoms with Gasteiger partial charge in [0.1, 0.15) is 5.54 Å². The van der Waals surface area contributed by atoms with Crippen molar-refractivity contribution >= 4 is 11.8 Å². The van der Waals surface area contributed by atoms with Crippen molar-refractivity contribution in [2.24, 2.45) is 5.73 Å². The molecule has 6 nitrogen and oxygen atoms in total. The first-order chi connectivity index (χ1) is 7.12. The Balaban J connectivity index is 1.99. The van der Waals surface area contributed by atoms with E-state index in [1.807, 2.05) is 10.8 Å². The zero-order chi connectivity index (χ0) is 10.9. The van der Waals surface area contributed by atoms with Gasteiger partial charge >= 0.3 is 0 Å². The van der Waals surface area contributed by atoms with Crippen molar-refractivity contribution in [2.45, 2.75) is 36.5 Å². The van der Waals surface area contributed by atoms with Crippen LogP contribution in [-0.2, 0) is 0 Å². The SMILES string of the molecule is CC(N)(C#N)CSc1nnnn1C1CC1. The number of nitriles is 1. The van der Waals surface area contributed by atoms with Crippen LogP contribution >= 0.6 is 11.8 Å². The van der Waals surface area contributed by atoms with E-state index < -0.39 is 5.54 Å². The summed E-state index contributed by atoms with van der Waals surface area (Å²) in [6.45, 7) is 1.70.